The lowest BCUT2D eigenvalue weighted by Crippen LogP contribution is -2.48. The molecule has 4 N–H and O–H groups in total. The minimum absolute atomic E-state index is 0. The molecule has 0 bridgehead atoms. The molecular formula is C26H55NO. The zero-order valence-electron chi connectivity index (χ0n) is 19.9. The van der Waals surface area contributed by atoms with Crippen LogP contribution in [0.2, 0.25) is 0 Å². The van der Waals surface area contributed by atoms with Crippen LogP contribution in [0.5, 0.6) is 0 Å². The van der Waals surface area contributed by atoms with Crippen molar-refractivity contribution in [3.05, 3.63) is 0 Å². The minimum Gasteiger partial charge on any atom is -0.412 e. The topological polar surface area (TPSA) is 57.5 Å². The second-order valence-electron chi connectivity index (χ2n) is 9.58. The number of unbranched alkanes of at least 4 members (excludes halogenated alkanes) is 12. The van der Waals surface area contributed by atoms with Gasteiger partial charge in [-0.05, 0) is 37.0 Å². The van der Waals surface area contributed by atoms with Gasteiger partial charge >= 0.3 is 0 Å². The average Bonchev–Trinajstić information content (AvgIpc) is 2.71. The highest BCUT2D eigenvalue weighted by Gasteiger charge is 2.42. The molecule has 28 heavy (non-hydrogen) atoms. The van der Waals surface area contributed by atoms with Crippen LogP contribution in [0.3, 0.4) is 0 Å². The summed E-state index contributed by atoms with van der Waals surface area (Å²) in [6, 6.07) is 0.445. The summed E-state index contributed by atoms with van der Waals surface area (Å²) in [6.45, 7) is 7.09. The Morgan fingerprint density at radius 1 is 0.750 bits per heavy atom. The zero-order valence-corrected chi connectivity index (χ0v) is 19.9. The van der Waals surface area contributed by atoms with Crippen molar-refractivity contribution in [2.24, 2.45) is 17.1 Å². The Kier molecular flexibility index (Phi) is 17.7. The van der Waals surface area contributed by atoms with Crippen LogP contribution in [-0.4, -0.2) is 11.5 Å². The van der Waals surface area contributed by atoms with E-state index in [1.54, 1.807) is 0 Å². The summed E-state index contributed by atoms with van der Waals surface area (Å²) in [4.78, 5) is 0. The molecule has 0 aliphatic heterocycles. The van der Waals surface area contributed by atoms with Gasteiger partial charge in [-0.15, -0.1) is 0 Å². The smallest absolute Gasteiger partial charge is 0.00981 e. The molecule has 0 heterocycles. The average molecular weight is 398 g/mol. The molecule has 0 aromatic heterocycles. The van der Waals surface area contributed by atoms with Crippen molar-refractivity contribution in [1.82, 2.24) is 0 Å². The van der Waals surface area contributed by atoms with Crippen LogP contribution in [0.15, 0.2) is 0 Å². The second-order valence-corrected chi connectivity index (χ2v) is 9.58. The summed E-state index contributed by atoms with van der Waals surface area (Å²) in [7, 11) is 0. The van der Waals surface area contributed by atoms with Crippen molar-refractivity contribution >= 4 is 0 Å². The molecule has 1 fully saturated rings. The molecule has 2 heteroatoms. The van der Waals surface area contributed by atoms with Gasteiger partial charge in [0.25, 0.3) is 0 Å². The fraction of sp³-hybridized carbons (Fsp3) is 1.00. The quantitative estimate of drug-likeness (QED) is 0.248. The van der Waals surface area contributed by atoms with Gasteiger partial charge in [0.1, 0.15) is 0 Å². The lowest BCUT2D eigenvalue weighted by Gasteiger charge is -2.48. The van der Waals surface area contributed by atoms with E-state index >= 15 is 0 Å². The minimum atomic E-state index is 0. The summed E-state index contributed by atoms with van der Waals surface area (Å²) in [5.74, 6) is 0.883. The first-order valence-corrected chi connectivity index (χ1v) is 13.0. The Morgan fingerprint density at radius 2 is 1.25 bits per heavy atom. The first kappa shape index (κ1) is 27.9. The van der Waals surface area contributed by atoms with E-state index in [-0.39, 0.29) is 5.48 Å². The molecule has 0 spiro atoms. The fourth-order valence-corrected chi connectivity index (χ4v) is 5.83. The van der Waals surface area contributed by atoms with Gasteiger partial charge in [0.05, 0.1) is 0 Å². The van der Waals surface area contributed by atoms with E-state index in [0.29, 0.717) is 11.5 Å². The van der Waals surface area contributed by atoms with Gasteiger partial charge < -0.3 is 11.2 Å². The van der Waals surface area contributed by atoms with Gasteiger partial charge in [-0.2, -0.15) is 0 Å². The highest BCUT2D eigenvalue weighted by Crippen LogP contribution is 2.48. The maximum Gasteiger partial charge on any atom is 0.00981 e. The number of hydrogen-bond donors (Lipinski definition) is 1. The third kappa shape index (κ3) is 10.1. The summed E-state index contributed by atoms with van der Waals surface area (Å²) in [5.41, 5.74) is 7.26. The van der Waals surface area contributed by atoms with E-state index in [4.69, 9.17) is 5.73 Å². The monoisotopic (exact) mass is 397 g/mol. The molecule has 170 valence electrons. The molecule has 0 radical (unpaired) electrons. The standard InChI is InChI=1S/C26H53N.H2O/c1-4-7-8-9-10-11-12-13-14-15-16-17-18-22-25(27)26(6-3)23-20-19-21-24(26)5-2;/h24-25H,4-23,27H2,1-3H3;1H2. The van der Waals surface area contributed by atoms with Gasteiger partial charge in [0, 0.05) is 6.04 Å². The first-order chi connectivity index (χ1) is 13.2. The van der Waals surface area contributed by atoms with E-state index in [9.17, 15) is 0 Å². The summed E-state index contributed by atoms with van der Waals surface area (Å²) >= 11 is 0. The Bertz CT molecular complexity index is 332. The van der Waals surface area contributed by atoms with Crippen molar-refractivity contribution < 1.29 is 5.48 Å². The van der Waals surface area contributed by atoms with E-state index in [0.717, 1.165) is 5.92 Å². The Morgan fingerprint density at radius 3 is 1.71 bits per heavy atom. The fourth-order valence-electron chi connectivity index (χ4n) is 5.83. The lowest BCUT2D eigenvalue weighted by molar-refractivity contribution is 0.0494. The van der Waals surface area contributed by atoms with Crippen LogP contribution in [0.4, 0.5) is 0 Å². The predicted molar refractivity (Wildman–Crippen MR) is 127 cm³/mol. The van der Waals surface area contributed by atoms with Crippen LogP contribution >= 0.6 is 0 Å². The van der Waals surface area contributed by atoms with Crippen LogP contribution in [0, 0.1) is 11.3 Å². The van der Waals surface area contributed by atoms with Crippen molar-refractivity contribution in [1.29, 1.82) is 0 Å². The molecule has 0 aromatic rings. The highest BCUT2D eigenvalue weighted by atomic mass is 16.0. The van der Waals surface area contributed by atoms with Crippen molar-refractivity contribution in [2.45, 2.75) is 155 Å². The molecule has 1 aliphatic rings. The molecule has 0 amide bonds. The largest absolute Gasteiger partial charge is 0.412 e. The van der Waals surface area contributed by atoms with E-state index in [1.807, 2.05) is 0 Å². The maximum absolute atomic E-state index is 6.80. The van der Waals surface area contributed by atoms with Gasteiger partial charge in [-0.1, -0.05) is 124 Å². The molecule has 1 aliphatic carbocycles. The third-order valence-electron chi connectivity index (χ3n) is 7.77. The molecule has 1 saturated carbocycles. The zero-order chi connectivity index (χ0) is 19.8. The Hall–Kier alpha value is -0.0800. The van der Waals surface area contributed by atoms with Crippen molar-refractivity contribution in [3.8, 4) is 0 Å². The van der Waals surface area contributed by atoms with E-state index < -0.39 is 0 Å². The molecule has 0 aromatic carbocycles. The van der Waals surface area contributed by atoms with Crippen molar-refractivity contribution in [2.75, 3.05) is 0 Å². The van der Waals surface area contributed by atoms with Gasteiger partial charge in [0.2, 0.25) is 0 Å². The van der Waals surface area contributed by atoms with Crippen LogP contribution in [0.25, 0.3) is 0 Å². The van der Waals surface area contributed by atoms with Gasteiger partial charge in [-0.3, -0.25) is 0 Å². The van der Waals surface area contributed by atoms with Gasteiger partial charge in [-0.25, -0.2) is 0 Å². The SMILES string of the molecule is CCCCCCCCCCCCCCCC(N)C1(CC)CCCCC1CC.O. The molecule has 3 atom stereocenters. The van der Waals surface area contributed by atoms with Crippen molar-refractivity contribution in [3.63, 3.8) is 0 Å². The summed E-state index contributed by atoms with van der Waals surface area (Å²) in [5, 5.41) is 0. The molecular weight excluding hydrogens is 342 g/mol. The van der Waals surface area contributed by atoms with Crippen LogP contribution < -0.4 is 5.73 Å². The summed E-state index contributed by atoms with van der Waals surface area (Å²) < 4.78 is 0. The number of hydrogen-bond acceptors (Lipinski definition) is 1. The second kappa shape index (κ2) is 17.8. The predicted octanol–water partition coefficient (Wildman–Crippen LogP) is 7.97. The number of nitrogens with two attached hydrogens (primary N) is 1. The normalized spacial score (nSPS) is 23.4. The van der Waals surface area contributed by atoms with E-state index in [2.05, 4.69) is 20.8 Å². The maximum atomic E-state index is 6.80. The van der Waals surface area contributed by atoms with E-state index in [1.165, 1.54) is 128 Å². The first-order valence-electron chi connectivity index (χ1n) is 13.0. The Balaban J connectivity index is 0.00000729. The lowest BCUT2D eigenvalue weighted by atomic mass is 9.59. The third-order valence-corrected chi connectivity index (χ3v) is 7.77. The number of rotatable bonds is 17. The molecule has 2 nitrogen and oxygen atoms in total. The van der Waals surface area contributed by atoms with Gasteiger partial charge in [0.15, 0.2) is 0 Å². The molecule has 3 unspecified atom stereocenters. The molecule has 1 rings (SSSR count). The Labute approximate surface area is 178 Å². The molecule has 0 saturated heterocycles. The van der Waals surface area contributed by atoms with Crippen LogP contribution in [0.1, 0.15) is 149 Å². The highest BCUT2D eigenvalue weighted by molar-refractivity contribution is 4.95. The van der Waals surface area contributed by atoms with Crippen LogP contribution in [-0.2, 0) is 0 Å². The summed E-state index contributed by atoms with van der Waals surface area (Å²) in [6.07, 6.45) is 28.2.